The number of rotatable bonds is 7. The van der Waals surface area contributed by atoms with E-state index < -0.39 is 0 Å². The molecule has 6 N–H and O–H groups in total. The van der Waals surface area contributed by atoms with Crippen molar-refractivity contribution in [1.29, 1.82) is 0 Å². The van der Waals surface area contributed by atoms with Gasteiger partial charge in [0, 0.05) is 49.4 Å². The van der Waals surface area contributed by atoms with Crippen LogP contribution in [0.4, 0.5) is 11.6 Å². The molecule has 174 valence electrons. The van der Waals surface area contributed by atoms with Gasteiger partial charge in [0.2, 0.25) is 0 Å². The van der Waals surface area contributed by atoms with Crippen molar-refractivity contribution in [2.24, 2.45) is 11.5 Å². The summed E-state index contributed by atoms with van der Waals surface area (Å²) in [5.74, 6) is 1.22. The third-order valence-electron chi connectivity index (χ3n) is 5.40. The number of nitrogens with one attached hydrogen (secondary N) is 2. The normalized spacial score (nSPS) is 10.9. The van der Waals surface area contributed by atoms with E-state index in [4.69, 9.17) is 34.7 Å². The fraction of sp³-hybridized carbons (Fsp3) is 0.167. The average molecular weight is 495 g/mol. The zero-order chi connectivity index (χ0) is 24.2. The van der Waals surface area contributed by atoms with Gasteiger partial charge in [0.1, 0.15) is 11.6 Å². The number of benzene rings is 2. The Balaban J connectivity index is 1.82. The Bertz CT molecular complexity index is 1240. The molecule has 0 atom stereocenters. The standard InChI is InChI=1S/C24H24Cl2N8/c1-29-23-17(9-27)31-11-19(33-23)15-7-3-5-13(21(15)25)14-6-4-8-16(22(14)26)20-12-32-18(10-28)24(30-2)34-20/h3-8,11-12H,9-10,27-28H2,1-2H3,(H,29,33)(H,30,34). The van der Waals surface area contributed by atoms with Gasteiger partial charge in [-0.1, -0.05) is 59.6 Å². The van der Waals surface area contributed by atoms with E-state index >= 15 is 0 Å². The molecular formula is C24H24Cl2N8. The molecule has 8 nitrogen and oxygen atoms in total. The van der Waals surface area contributed by atoms with Gasteiger partial charge >= 0.3 is 0 Å². The summed E-state index contributed by atoms with van der Waals surface area (Å²) in [5.41, 5.74) is 17.1. The first-order valence-electron chi connectivity index (χ1n) is 10.6. The zero-order valence-corrected chi connectivity index (χ0v) is 20.2. The minimum absolute atomic E-state index is 0.282. The molecule has 0 fully saturated rings. The second kappa shape index (κ2) is 10.3. The van der Waals surface area contributed by atoms with E-state index in [1.54, 1.807) is 26.5 Å². The van der Waals surface area contributed by atoms with Crippen LogP contribution in [0.15, 0.2) is 48.8 Å². The SMILES string of the molecule is CNc1nc(-c2cccc(-c3cccc(-c4cnc(CN)c(NC)n4)c3Cl)c2Cl)cnc1CN. The predicted octanol–water partition coefficient (Wildman–Crippen LogP) is 4.58. The van der Waals surface area contributed by atoms with Crippen LogP contribution in [-0.2, 0) is 13.1 Å². The topological polar surface area (TPSA) is 128 Å². The summed E-state index contributed by atoms with van der Waals surface area (Å²) in [6.45, 7) is 0.564. The smallest absolute Gasteiger partial charge is 0.149 e. The van der Waals surface area contributed by atoms with Crippen molar-refractivity contribution in [3.05, 3.63) is 70.2 Å². The lowest BCUT2D eigenvalue weighted by Crippen LogP contribution is -2.07. The first kappa shape index (κ1) is 23.8. The Morgan fingerprint density at radius 2 is 1.06 bits per heavy atom. The number of hydrogen-bond donors (Lipinski definition) is 4. The molecule has 4 rings (SSSR count). The maximum absolute atomic E-state index is 6.88. The maximum Gasteiger partial charge on any atom is 0.149 e. The maximum atomic E-state index is 6.88. The quantitative estimate of drug-likeness (QED) is 0.294. The molecule has 0 spiro atoms. The summed E-state index contributed by atoms with van der Waals surface area (Å²) in [6.07, 6.45) is 3.33. The van der Waals surface area contributed by atoms with Gasteiger partial charge in [-0.15, -0.1) is 0 Å². The number of anilines is 2. The lowest BCUT2D eigenvalue weighted by atomic mass is 9.98. The Labute approximate surface area is 207 Å². The summed E-state index contributed by atoms with van der Waals surface area (Å²) in [4.78, 5) is 18.1. The summed E-state index contributed by atoms with van der Waals surface area (Å²) in [6, 6.07) is 11.4. The molecule has 2 aromatic carbocycles. The number of halogens is 2. The number of nitrogens with zero attached hydrogens (tertiary/aromatic N) is 4. The van der Waals surface area contributed by atoms with Crippen LogP contribution in [0.1, 0.15) is 11.4 Å². The van der Waals surface area contributed by atoms with Gasteiger partial charge in [0.05, 0.1) is 45.2 Å². The Kier molecular flexibility index (Phi) is 7.23. The molecule has 0 saturated carbocycles. The molecule has 0 aliphatic carbocycles. The van der Waals surface area contributed by atoms with Gasteiger partial charge in [-0.3, -0.25) is 9.97 Å². The highest BCUT2D eigenvalue weighted by molar-refractivity contribution is 6.39. The largest absolute Gasteiger partial charge is 0.372 e. The van der Waals surface area contributed by atoms with Crippen LogP contribution in [0, 0.1) is 0 Å². The molecule has 2 heterocycles. The van der Waals surface area contributed by atoms with E-state index in [0.717, 1.165) is 22.3 Å². The zero-order valence-electron chi connectivity index (χ0n) is 18.7. The summed E-state index contributed by atoms with van der Waals surface area (Å²) in [7, 11) is 3.55. The molecule has 0 bridgehead atoms. The van der Waals surface area contributed by atoms with Crippen molar-refractivity contribution in [3.63, 3.8) is 0 Å². The molecule has 2 aromatic heterocycles. The van der Waals surface area contributed by atoms with Crippen LogP contribution in [-0.4, -0.2) is 34.0 Å². The summed E-state index contributed by atoms with van der Waals surface area (Å²) < 4.78 is 0. The monoisotopic (exact) mass is 494 g/mol. The van der Waals surface area contributed by atoms with Crippen molar-refractivity contribution in [1.82, 2.24) is 19.9 Å². The predicted molar refractivity (Wildman–Crippen MR) is 139 cm³/mol. The van der Waals surface area contributed by atoms with E-state index in [2.05, 4.69) is 30.6 Å². The number of nitrogens with two attached hydrogens (primary N) is 2. The molecule has 0 unspecified atom stereocenters. The highest BCUT2D eigenvalue weighted by Gasteiger charge is 2.18. The van der Waals surface area contributed by atoms with Crippen molar-refractivity contribution in [3.8, 4) is 33.6 Å². The fourth-order valence-electron chi connectivity index (χ4n) is 3.66. The molecule has 0 radical (unpaired) electrons. The average Bonchev–Trinajstić information content (AvgIpc) is 2.88. The van der Waals surface area contributed by atoms with Crippen LogP contribution in [0.5, 0.6) is 0 Å². The van der Waals surface area contributed by atoms with Crippen LogP contribution in [0.2, 0.25) is 10.0 Å². The van der Waals surface area contributed by atoms with Gasteiger partial charge in [0.15, 0.2) is 0 Å². The van der Waals surface area contributed by atoms with Crippen molar-refractivity contribution >= 4 is 34.8 Å². The molecule has 34 heavy (non-hydrogen) atoms. The minimum Gasteiger partial charge on any atom is -0.372 e. The van der Waals surface area contributed by atoms with Gasteiger partial charge in [-0.05, 0) is 0 Å². The van der Waals surface area contributed by atoms with Crippen LogP contribution in [0.3, 0.4) is 0 Å². The highest BCUT2D eigenvalue weighted by Crippen LogP contribution is 2.41. The van der Waals surface area contributed by atoms with Crippen molar-refractivity contribution < 1.29 is 0 Å². The van der Waals surface area contributed by atoms with Gasteiger partial charge in [0.25, 0.3) is 0 Å². The molecule has 10 heteroatoms. The molecule has 0 aliphatic heterocycles. The second-order valence-corrected chi connectivity index (χ2v) is 8.10. The van der Waals surface area contributed by atoms with Crippen LogP contribution < -0.4 is 22.1 Å². The summed E-state index contributed by atoms with van der Waals surface area (Å²) >= 11 is 13.8. The van der Waals surface area contributed by atoms with E-state index in [1.807, 2.05) is 36.4 Å². The van der Waals surface area contributed by atoms with E-state index in [9.17, 15) is 0 Å². The molecule has 0 aliphatic rings. The first-order valence-corrected chi connectivity index (χ1v) is 11.3. The van der Waals surface area contributed by atoms with Crippen LogP contribution >= 0.6 is 23.2 Å². The van der Waals surface area contributed by atoms with E-state index in [1.165, 1.54) is 0 Å². The van der Waals surface area contributed by atoms with Crippen molar-refractivity contribution in [2.45, 2.75) is 13.1 Å². The third kappa shape index (κ3) is 4.41. The second-order valence-electron chi connectivity index (χ2n) is 7.34. The molecule has 0 saturated heterocycles. The van der Waals surface area contributed by atoms with E-state index in [-0.39, 0.29) is 13.1 Å². The molecular weight excluding hydrogens is 471 g/mol. The number of hydrogen-bond acceptors (Lipinski definition) is 8. The van der Waals surface area contributed by atoms with Crippen LogP contribution in [0.25, 0.3) is 33.6 Å². The van der Waals surface area contributed by atoms with E-state index in [0.29, 0.717) is 44.5 Å². The molecule has 4 aromatic rings. The lowest BCUT2D eigenvalue weighted by Gasteiger charge is -2.15. The minimum atomic E-state index is 0.282. The first-order chi connectivity index (χ1) is 16.5. The fourth-order valence-corrected chi connectivity index (χ4v) is 4.31. The van der Waals surface area contributed by atoms with Gasteiger partial charge < -0.3 is 22.1 Å². The Hall–Kier alpha value is -3.30. The molecule has 0 amide bonds. The third-order valence-corrected chi connectivity index (χ3v) is 6.21. The summed E-state index contributed by atoms with van der Waals surface area (Å²) in [5, 5.41) is 7.09. The highest BCUT2D eigenvalue weighted by atomic mass is 35.5. The van der Waals surface area contributed by atoms with Crippen molar-refractivity contribution in [2.75, 3.05) is 24.7 Å². The number of aromatic nitrogens is 4. The Morgan fingerprint density at radius 1 is 0.676 bits per heavy atom. The lowest BCUT2D eigenvalue weighted by molar-refractivity contribution is 0.968. The Morgan fingerprint density at radius 3 is 1.41 bits per heavy atom. The van der Waals surface area contributed by atoms with Gasteiger partial charge in [-0.2, -0.15) is 0 Å². The van der Waals surface area contributed by atoms with Gasteiger partial charge in [-0.25, -0.2) is 9.97 Å².